The minimum absolute atomic E-state index is 0.390. The topological polar surface area (TPSA) is 75.7 Å². The quantitative estimate of drug-likeness (QED) is 0.884. The number of anilines is 1. The van der Waals surface area contributed by atoms with E-state index in [1.807, 2.05) is 12.1 Å². The van der Waals surface area contributed by atoms with Gasteiger partial charge in [0.2, 0.25) is 5.82 Å². The van der Waals surface area contributed by atoms with Crippen LogP contribution in [0.2, 0.25) is 0 Å². The van der Waals surface area contributed by atoms with Gasteiger partial charge >= 0.3 is 0 Å². The highest BCUT2D eigenvalue weighted by Gasteiger charge is 2.21. The molecule has 0 radical (unpaired) electrons. The van der Waals surface area contributed by atoms with E-state index in [-0.39, 0.29) is 0 Å². The molecule has 0 bridgehead atoms. The number of aromatic amines is 1. The van der Waals surface area contributed by atoms with E-state index in [0.717, 1.165) is 37.1 Å². The zero-order valence-electron chi connectivity index (χ0n) is 12.2. The maximum Gasteiger partial charge on any atom is 0.204 e. The van der Waals surface area contributed by atoms with Gasteiger partial charge < -0.3 is 10.1 Å². The highest BCUT2D eigenvalue weighted by Crippen LogP contribution is 2.23. The molecule has 6 nitrogen and oxygen atoms in total. The van der Waals surface area contributed by atoms with Crippen molar-refractivity contribution in [1.82, 2.24) is 20.6 Å². The highest BCUT2D eigenvalue weighted by atomic mass is 16.5. The number of nitrogens with one attached hydrogen (secondary N) is 2. The van der Waals surface area contributed by atoms with E-state index in [1.165, 1.54) is 6.42 Å². The van der Waals surface area contributed by atoms with Crippen LogP contribution in [0, 0.1) is 0 Å². The molecular weight excluding hydrogens is 266 g/mol. The van der Waals surface area contributed by atoms with Crippen molar-refractivity contribution in [3.63, 3.8) is 0 Å². The summed E-state index contributed by atoms with van der Waals surface area (Å²) in [6.07, 6.45) is 4.82. The Kier molecular flexibility index (Phi) is 4.45. The minimum atomic E-state index is 0.390. The minimum Gasteiger partial charge on any atom is -0.382 e. The molecule has 2 unspecified atom stereocenters. The van der Waals surface area contributed by atoms with Crippen molar-refractivity contribution >= 4 is 5.69 Å². The zero-order valence-corrected chi connectivity index (χ0v) is 12.2. The summed E-state index contributed by atoms with van der Waals surface area (Å²) >= 11 is 0. The number of tetrazole rings is 1. The molecule has 1 aromatic heterocycles. The maximum absolute atomic E-state index is 5.80. The Morgan fingerprint density at radius 1 is 1.43 bits per heavy atom. The summed E-state index contributed by atoms with van der Waals surface area (Å²) in [6.45, 7) is 3.04. The molecule has 2 N–H and O–H groups in total. The molecule has 1 aliphatic heterocycles. The number of hydrogen-bond acceptors (Lipinski definition) is 5. The van der Waals surface area contributed by atoms with E-state index in [0.29, 0.717) is 18.0 Å². The molecule has 1 fully saturated rings. The molecule has 0 spiro atoms. The van der Waals surface area contributed by atoms with Crippen LogP contribution in [0.1, 0.15) is 32.6 Å². The molecule has 0 amide bonds. The van der Waals surface area contributed by atoms with Crippen molar-refractivity contribution in [3.8, 4) is 11.4 Å². The summed E-state index contributed by atoms with van der Waals surface area (Å²) in [4.78, 5) is 0. The van der Waals surface area contributed by atoms with E-state index in [9.17, 15) is 0 Å². The summed E-state index contributed by atoms with van der Waals surface area (Å²) in [6, 6.07) is 8.61. The molecule has 1 saturated heterocycles. The third kappa shape index (κ3) is 3.58. The average Bonchev–Trinajstić information content (AvgIpc) is 3.03. The monoisotopic (exact) mass is 287 g/mol. The predicted octanol–water partition coefficient (Wildman–Crippen LogP) is 2.63. The van der Waals surface area contributed by atoms with Gasteiger partial charge in [0.1, 0.15) is 0 Å². The van der Waals surface area contributed by atoms with Crippen LogP contribution in [0.4, 0.5) is 5.69 Å². The molecule has 1 aliphatic rings. The molecule has 3 rings (SSSR count). The lowest BCUT2D eigenvalue weighted by atomic mass is 9.99. The van der Waals surface area contributed by atoms with E-state index in [2.05, 4.69) is 45.0 Å². The van der Waals surface area contributed by atoms with Crippen molar-refractivity contribution in [2.75, 3.05) is 11.9 Å². The van der Waals surface area contributed by atoms with Gasteiger partial charge in [-0.05, 0) is 36.6 Å². The maximum atomic E-state index is 5.80. The van der Waals surface area contributed by atoms with Gasteiger partial charge in [0.05, 0.1) is 6.10 Å². The van der Waals surface area contributed by atoms with Gasteiger partial charge in [0.15, 0.2) is 0 Å². The predicted molar refractivity (Wildman–Crippen MR) is 80.9 cm³/mol. The van der Waals surface area contributed by atoms with Crippen LogP contribution >= 0.6 is 0 Å². The summed E-state index contributed by atoms with van der Waals surface area (Å²) in [5.41, 5.74) is 2.06. The van der Waals surface area contributed by atoms with Gasteiger partial charge in [-0.15, -0.1) is 10.2 Å². The van der Waals surface area contributed by atoms with Crippen LogP contribution in [-0.4, -0.2) is 39.4 Å². The lowest BCUT2D eigenvalue weighted by Crippen LogP contribution is -2.33. The molecule has 6 heteroatoms. The molecule has 1 aromatic carbocycles. The van der Waals surface area contributed by atoms with Crippen molar-refractivity contribution in [1.29, 1.82) is 0 Å². The van der Waals surface area contributed by atoms with Crippen LogP contribution in [0.25, 0.3) is 11.4 Å². The number of benzene rings is 1. The number of rotatable bonds is 5. The van der Waals surface area contributed by atoms with E-state index < -0.39 is 0 Å². The molecule has 2 atom stereocenters. The van der Waals surface area contributed by atoms with Crippen LogP contribution in [0.3, 0.4) is 0 Å². The summed E-state index contributed by atoms with van der Waals surface area (Å²) in [5.74, 6) is 0.620. The smallest absolute Gasteiger partial charge is 0.204 e. The van der Waals surface area contributed by atoms with Crippen molar-refractivity contribution < 1.29 is 4.74 Å². The Morgan fingerprint density at radius 3 is 3.19 bits per heavy atom. The second-order valence-corrected chi connectivity index (χ2v) is 5.46. The first-order valence-electron chi connectivity index (χ1n) is 7.57. The first kappa shape index (κ1) is 14.0. The molecule has 0 aliphatic carbocycles. The van der Waals surface area contributed by atoms with Crippen molar-refractivity contribution in [3.05, 3.63) is 24.3 Å². The molecule has 2 aromatic rings. The number of aromatic nitrogens is 4. The van der Waals surface area contributed by atoms with E-state index in [1.54, 1.807) is 0 Å². The number of nitrogens with zero attached hydrogens (tertiary/aromatic N) is 3. The second-order valence-electron chi connectivity index (χ2n) is 5.46. The first-order valence-corrected chi connectivity index (χ1v) is 7.57. The summed E-state index contributed by atoms with van der Waals surface area (Å²) in [7, 11) is 0. The first-order chi connectivity index (χ1) is 10.3. The Hall–Kier alpha value is -1.95. The Bertz CT molecular complexity index is 555. The summed E-state index contributed by atoms with van der Waals surface area (Å²) in [5, 5.41) is 17.7. The fourth-order valence-electron chi connectivity index (χ4n) is 2.80. The third-order valence-electron chi connectivity index (χ3n) is 3.81. The lowest BCUT2D eigenvalue weighted by molar-refractivity contribution is 0.00598. The van der Waals surface area contributed by atoms with Gasteiger partial charge in [-0.1, -0.05) is 25.5 Å². The van der Waals surface area contributed by atoms with Crippen molar-refractivity contribution in [2.45, 2.75) is 44.8 Å². The Morgan fingerprint density at radius 2 is 2.38 bits per heavy atom. The molecule has 2 heterocycles. The number of H-pyrrole nitrogens is 1. The number of hydrogen-bond donors (Lipinski definition) is 2. The SMILES string of the molecule is CCCC1CC(Nc2cccc(-c3nn[nH]n3)c2)CCO1. The van der Waals surface area contributed by atoms with Crippen LogP contribution in [0.5, 0.6) is 0 Å². The lowest BCUT2D eigenvalue weighted by Gasteiger charge is -2.30. The van der Waals surface area contributed by atoms with Gasteiger partial charge in [-0.25, -0.2) is 0 Å². The molecule has 0 saturated carbocycles. The summed E-state index contributed by atoms with van der Waals surface area (Å²) < 4.78 is 5.80. The molecule has 21 heavy (non-hydrogen) atoms. The highest BCUT2D eigenvalue weighted by molar-refractivity contribution is 5.61. The largest absolute Gasteiger partial charge is 0.382 e. The molecule has 112 valence electrons. The van der Waals surface area contributed by atoms with Gasteiger partial charge in [-0.3, -0.25) is 0 Å². The average molecular weight is 287 g/mol. The van der Waals surface area contributed by atoms with E-state index in [4.69, 9.17) is 4.74 Å². The third-order valence-corrected chi connectivity index (χ3v) is 3.81. The normalized spacial score (nSPS) is 22.1. The Labute approximate surface area is 124 Å². The second kappa shape index (κ2) is 6.67. The van der Waals surface area contributed by atoms with Crippen molar-refractivity contribution in [2.24, 2.45) is 0 Å². The fraction of sp³-hybridized carbons (Fsp3) is 0.533. The molecular formula is C15H21N5O. The number of ether oxygens (including phenoxy) is 1. The van der Waals surface area contributed by atoms with Gasteiger partial charge in [0.25, 0.3) is 0 Å². The van der Waals surface area contributed by atoms with Crippen LogP contribution in [-0.2, 0) is 4.74 Å². The standard InChI is InChI=1S/C15H21N5O/c1-2-4-14-10-13(7-8-21-14)16-12-6-3-5-11(9-12)15-17-19-20-18-15/h3,5-6,9,13-14,16H,2,4,7-8,10H2,1H3,(H,17,18,19,20). The van der Waals surface area contributed by atoms with Crippen LogP contribution in [0.15, 0.2) is 24.3 Å². The fourth-order valence-corrected chi connectivity index (χ4v) is 2.80. The zero-order chi connectivity index (χ0) is 14.5. The Balaban J connectivity index is 1.66. The van der Waals surface area contributed by atoms with Crippen LogP contribution < -0.4 is 5.32 Å². The van der Waals surface area contributed by atoms with E-state index >= 15 is 0 Å². The van der Waals surface area contributed by atoms with Gasteiger partial charge in [-0.2, -0.15) is 5.21 Å². The van der Waals surface area contributed by atoms with Gasteiger partial charge in [0, 0.05) is 23.9 Å².